The lowest BCUT2D eigenvalue weighted by molar-refractivity contribution is -0.145. The highest BCUT2D eigenvalue weighted by atomic mass is 15.2. The average molecular weight is 1540 g/mol. The molecule has 8 unspecified atom stereocenters. The zero-order valence-corrected chi connectivity index (χ0v) is 64.5. The fourth-order valence-electron chi connectivity index (χ4n) is 56.0. The van der Waals surface area contributed by atoms with Gasteiger partial charge in [0, 0.05) is 55.2 Å². The van der Waals surface area contributed by atoms with Gasteiger partial charge < -0.3 is 0 Å². The second-order valence-corrected chi connectivity index (χ2v) is 50.7. The van der Waals surface area contributed by atoms with E-state index in [1.807, 2.05) is 175 Å². The summed E-state index contributed by atoms with van der Waals surface area (Å²) in [5.41, 5.74) is 23.3. The van der Waals surface area contributed by atoms with Gasteiger partial charge in [-0.05, 0) is 617 Å². The van der Waals surface area contributed by atoms with Crippen LogP contribution in [0.1, 0.15) is 89.7 Å². The molecule has 3 saturated carbocycles. The summed E-state index contributed by atoms with van der Waals surface area (Å²) >= 11 is 0. The third-order valence-electron chi connectivity index (χ3n) is 53.1. The van der Waals surface area contributed by atoms with Gasteiger partial charge in [-0.3, -0.25) is 0 Å². The van der Waals surface area contributed by atoms with Gasteiger partial charge in [-0.2, -0.15) is 0 Å². The van der Waals surface area contributed by atoms with Crippen LogP contribution in [0.15, 0.2) is 24.3 Å². The molecule has 0 aliphatic heterocycles. The third kappa shape index (κ3) is 1.98. The van der Waals surface area contributed by atoms with Gasteiger partial charge in [-0.15, -0.1) is 0 Å². The van der Waals surface area contributed by atoms with Crippen molar-refractivity contribution in [3.8, 4) is 0 Å². The van der Waals surface area contributed by atoms with Crippen molar-refractivity contribution >= 4 is 539 Å². The van der Waals surface area contributed by atoms with Crippen molar-refractivity contribution in [3.05, 3.63) is 102 Å². The molecule has 0 amide bonds. The molecule has 0 aromatic heterocycles. The van der Waals surface area contributed by atoms with Crippen molar-refractivity contribution in [2.75, 3.05) is 0 Å². The van der Waals surface area contributed by atoms with Crippen molar-refractivity contribution in [2.24, 2.45) is 0 Å². The normalized spacial score (nSPS) is 30.0. The van der Waals surface area contributed by atoms with Gasteiger partial charge in [0.05, 0.1) is 0 Å². The summed E-state index contributed by atoms with van der Waals surface area (Å²) in [6.07, 6.45) is 0. The largest absolute Gasteiger partial charge is 0.0620 e. The Morgan fingerprint density at radius 3 is 0.453 bits per heavy atom. The first-order valence-electron chi connectivity index (χ1n) is 49.1. The molecule has 4 bridgehead atoms. The van der Waals surface area contributed by atoms with Crippen LogP contribution in [0.2, 0.25) is 0 Å². The molecule has 0 radical (unpaired) electrons. The van der Waals surface area contributed by atoms with Crippen LogP contribution in [0, 0.1) is 0 Å². The highest BCUT2D eigenvalue weighted by Crippen LogP contribution is 3.16. The van der Waals surface area contributed by atoms with Gasteiger partial charge in [0.2, 0.25) is 0 Å². The van der Waals surface area contributed by atoms with E-state index in [0.717, 1.165) is 0 Å². The summed E-state index contributed by atoms with van der Waals surface area (Å²) in [7, 11) is 0. The molecular weight excluding hydrogens is 1540 g/mol. The molecule has 128 heavy (non-hydrogen) atoms. The zero-order chi connectivity index (χ0) is 73.8. The lowest BCUT2D eigenvalue weighted by atomic mass is 9.11. The van der Waals surface area contributed by atoms with Gasteiger partial charge in [0.1, 0.15) is 0 Å². The van der Waals surface area contributed by atoms with Crippen LogP contribution < -0.4 is 0 Å². The molecule has 70 rings (SSSR count). The fourth-order valence-corrected chi connectivity index (χ4v) is 56.0. The van der Waals surface area contributed by atoms with Crippen LogP contribution in [-0.4, -0.2) is 0 Å². The first-order valence-corrected chi connectivity index (χ1v) is 49.1. The fraction of sp³-hybridized carbons (Fsp3) is 0.0781. The molecule has 3 fully saturated rings. The molecule has 8 atom stereocenters. The maximum absolute atomic E-state index is 3.03. The standard InChI is InChI=1S/C128H6/c1-2-4-6-5(3-1)119-121-107-89-73-59-41-25-11-7-9-13-17-15(11)29-37(25)61(73)79-67-45(29)47-31(17)39-27(13)43-35-21(9)23-19(7)33(41)51-55-49(23)57-53(35)75-63(43)77-65(39)81-69(47)87(67)105-111(93(79)89)125(121)120(6)126-112-94-80-62-38-26-12-8-10-14-18-16(12)30(38)46-48-32(18)40-28(14)44-36-22(10)24-20(8)34-42(26)60-72-52(34)56-50(24)58-54(36)76-64(44)78-66(40)82-70(48)88(68(46)80)106(112)114-100(82)96(78)110-98(76)104-86(58)84(56)102-92(72)108(90(94)74(60)62)122(119,126)116(102)118(104)124(110)123-109(95(77)99(81)113(105)127(123,125)128(114,124)126)97(75)103-85(57)83(55)101(91(107)71(51)59)115(121)117(103)123/h1-4,119-120H. The molecule has 0 saturated heterocycles. The minimum Gasteiger partial charge on any atom is -0.0620 e. The number of rotatable bonds is 0. The highest BCUT2D eigenvalue weighted by Gasteiger charge is 3.16. The Morgan fingerprint density at radius 1 is 0.109 bits per heavy atom. The van der Waals surface area contributed by atoms with Crippen LogP contribution in [0.25, 0.3) is 539 Å². The van der Waals surface area contributed by atoms with Gasteiger partial charge in [-0.25, -0.2) is 0 Å². The quantitative estimate of drug-likeness (QED) is 0.133. The van der Waals surface area contributed by atoms with Gasteiger partial charge in [-0.1, -0.05) is 24.3 Å². The van der Waals surface area contributed by atoms with E-state index in [1.54, 1.807) is 442 Å². The van der Waals surface area contributed by atoms with E-state index in [9.17, 15) is 0 Å². The van der Waals surface area contributed by atoms with Gasteiger partial charge >= 0.3 is 0 Å². The van der Waals surface area contributed by atoms with E-state index in [2.05, 4.69) is 24.3 Å². The molecule has 0 heterocycles. The molecule has 53 aromatic carbocycles. The molecule has 17 aliphatic carbocycles. The van der Waals surface area contributed by atoms with Crippen LogP contribution in [-0.2, 0) is 43.3 Å². The Labute approximate surface area is 690 Å². The van der Waals surface area contributed by atoms with Crippen LogP contribution in [0.3, 0.4) is 0 Å². The maximum atomic E-state index is 3.03. The Morgan fingerprint density at radius 2 is 0.250 bits per heavy atom. The summed E-state index contributed by atoms with van der Waals surface area (Å²) in [6.45, 7) is 0. The summed E-state index contributed by atoms with van der Waals surface area (Å²) < 4.78 is 0. The Balaban J connectivity index is 0.824. The lowest BCUT2D eigenvalue weighted by Crippen LogP contribution is -2.94. The van der Waals surface area contributed by atoms with E-state index >= 15 is 0 Å². The molecule has 53 aromatic rings. The predicted octanol–water partition coefficient (Wildman–Crippen LogP) is 32.3. The molecule has 17 aliphatic rings. The van der Waals surface area contributed by atoms with Crippen molar-refractivity contribution < 1.29 is 0 Å². The van der Waals surface area contributed by atoms with Crippen LogP contribution in [0.4, 0.5) is 0 Å². The molecule has 8 spiro atoms. The van der Waals surface area contributed by atoms with E-state index in [-0.39, 0.29) is 11.8 Å². The van der Waals surface area contributed by atoms with Crippen LogP contribution in [0.5, 0.6) is 0 Å². The van der Waals surface area contributed by atoms with Crippen molar-refractivity contribution in [1.82, 2.24) is 0 Å². The van der Waals surface area contributed by atoms with Gasteiger partial charge in [0.15, 0.2) is 0 Å². The number of benzene rings is 35. The molecular formula is C128H6. The maximum Gasteiger partial charge on any atom is 0.0488 e. The van der Waals surface area contributed by atoms with E-state index in [0.29, 0.717) is 0 Å². The minimum absolute atomic E-state index is 0.0462. The zero-order valence-electron chi connectivity index (χ0n) is 64.5. The van der Waals surface area contributed by atoms with Crippen molar-refractivity contribution in [2.45, 2.75) is 55.2 Å². The molecule has 0 heteroatoms. The molecule has 0 nitrogen and oxygen atoms in total. The monoisotopic (exact) mass is 1540 g/mol. The second-order valence-electron chi connectivity index (χ2n) is 50.7. The Hall–Kier alpha value is -15.3. The Bertz CT molecular complexity index is 15500. The van der Waals surface area contributed by atoms with Crippen molar-refractivity contribution in [1.29, 1.82) is 0 Å². The third-order valence-corrected chi connectivity index (χ3v) is 53.1. The summed E-state index contributed by atoms with van der Waals surface area (Å²) in [6, 6.07) is 11.5. The van der Waals surface area contributed by atoms with E-state index < -0.39 is 43.3 Å². The van der Waals surface area contributed by atoms with E-state index in [1.165, 1.54) is 0 Å². The topological polar surface area (TPSA) is 0 Å². The lowest BCUT2D eigenvalue weighted by Gasteiger charge is -2.87. The number of hydrogen-bond donors (Lipinski definition) is 0. The predicted molar refractivity (Wildman–Crippen MR) is 529 cm³/mol. The number of hydrogen-bond acceptors (Lipinski definition) is 0. The van der Waals surface area contributed by atoms with Crippen molar-refractivity contribution in [3.63, 3.8) is 0 Å². The highest BCUT2D eigenvalue weighted by molar-refractivity contribution is 6.86. The molecule has 518 valence electrons. The van der Waals surface area contributed by atoms with Gasteiger partial charge in [0.25, 0.3) is 0 Å². The van der Waals surface area contributed by atoms with E-state index in [4.69, 9.17) is 0 Å². The molecule has 0 N–H and O–H groups in total. The first-order chi connectivity index (χ1) is 63.9. The second kappa shape index (κ2) is 9.24. The average Bonchev–Trinajstić information content (AvgIpc) is 1.30. The smallest absolute Gasteiger partial charge is 0.0488 e. The first kappa shape index (κ1) is 44.0. The minimum atomic E-state index is -0.574. The Kier molecular flexibility index (Phi) is 3.18. The summed E-state index contributed by atoms with van der Waals surface area (Å²) in [5, 5.41) is 176. The summed E-state index contributed by atoms with van der Waals surface area (Å²) in [4.78, 5) is 0. The SMILES string of the molecule is c1ccc2c(c1)C1C34c5c6c7c8c9c%10c%11c%12c%13c(c%14c%15c3c3c5c5c7c7c%16c8c8c%10c%10c%11c%11c%13c%13c%14c%14c%15c%15c3c3c5c7c5c7c3c%15c3c%14c%14c%13c%11c%11c%10c%10c8c%16c5c5c%10c%11c%14c3c75)C43C2C24c5c7c8c%10c%11c%13c%14c%15c(c%16c%17c%18c(c%19c5c5c%20c7c7c%10c%10c%11c%11c%14c%14c%21c%15c%17c%15c%17c%18c%18c%19c5c5c%19c%20c7c7c%10c%10c%11c%14c%11c(c%15%21)c%14c%17c%18c5c5c%19c7c%10c%11c%145)C%1612)C%131C69C%123C814. The van der Waals surface area contributed by atoms with Crippen LogP contribution >= 0.6 is 0 Å². The summed E-state index contributed by atoms with van der Waals surface area (Å²) in [5.74, 6) is 0.152.